The molecule has 0 aliphatic carbocycles. The summed E-state index contributed by atoms with van der Waals surface area (Å²) < 4.78 is 4.25. The summed E-state index contributed by atoms with van der Waals surface area (Å²) in [6, 6.07) is 0. The van der Waals surface area contributed by atoms with Crippen LogP contribution in [0.4, 0.5) is 0 Å². The minimum Gasteiger partial charge on any atom is -0.388 e. The number of ether oxygens (including phenoxy) is 1. The summed E-state index contributed by atoms with van der Waals surface area (Å²) in [4.78, 5) is 22.5. The molecule has 1 heterocycles. The van der Waals surface area contributed by atoms with Crippen molar-refractivity contribution in [2.45, 2.75) is 33.1 Å². The number of hydrogen-bond donors (Lipinski definition) is 1. The van der Waals surface area contributed by atoms with E-state index in [1.165, 1.54) is 0 Å². The van der Waals surface area contributed by atoms with Gasteiger partial charge in [-0.15, -0.1) is 0 Å². The van der Waals surface area contributed by atoms with Crippen LogP contribution in [-0.2, 0) is 14.3 Å². The fourth-order valence-corrected chi connectivity index (χ4v) is 1.78. The number of carbonyl (C=O) groups excluding carboxylic acids is 2. The van der Waals surface area contributed by atoms with Crippen molar-refractivity contribution >= 4 is 11.7 Å². The van der Waals surface area contributed by atoms with Gasteiger partial charge in [0.2, 0.25) is 5.91 Å². The van der Waals surface area contributed by atoms with Gasteiger partial charge in [0.25, 0.3) is 0 Å². The Kier molecular flexibility index (Phi) is 7.81. The van der Waals surface area contributed by atoms with E-state index in [1.54, 1.807) is 14.2 Å². The molecular weight excluding hydrogens is 206 g/mol. The number of amides is 1. The van der Waals surface area contributed by atoms with Crippen molar-refractivity contribution in [1.29, 1.82) is 0 Å². The minimum atomic E-state index is 0. The molecule has 0 spiro atoms. The van der Waals surface area contributed by atoms with Crippen molar-refractivity contribution in [3.63, 3.8) is 0 Å². The number of Topliss-reactive ketones (excluding diaryl/α,β-unsaturated/α-hetero) is 1. The van der Waals surface area contributed by atoms with Crippen LogP contribution in [0.25, 0.3) is 0 Å². The first kappa shape index (κ1) is 15.1. The monoisotopic (exact) mass is 233 g/mol. The van der Waals surface area contributed by atoms with E-state index in [0.29, 0.717) is 6.42 Å². The third-order valence-corrected chi connectivity index (χ3v) is 2.70. The average Bonchev–Trinajstić information content (AvgIpc) is 2.64. The second-order valence-electron chi connectivity index (χ2n) is 4.14. The van der Waals surface area contributed by atoms with Crippen LogP contribution >= 0.6 is 0 Å². The molecule has 2 unspecified atom stereocenters. The van der Waals surface area contributed by atoms with Crippen LogP contribution in [0.15, 0.2) is 0 Å². The molecule has 0 aromatic heterocycles. The van der Waals surface area contributed by atoms with E-state index in [1.807, 2.05) is 13.8 Å². The van der Waals surface area contributed by atoms with Crippen LogP contribution in [0.3, 0.4) is 0 Å². The minimum absolute atomic E-state index is 0. The molecule has 98 valence electrons. The maximum Gasteiger partial charge on any atom is 0.223 e. The molecule has 1 aliphatic heterocycles. The Morgan fingerprint density at radius 1 is 1.62 bits per heavy atom. The first-order valence-corrected chi connectivity index (χ1v) is 5.77. The number of nitrogens with one attached hydrogen (secondary N) is 1. The molecule has 16 heavy (non-hydrogen) atoms. The fraction of sp³-hybridized carbons (Fsp3) is 0.833. The molecule has 4 nitrogen and oxygen atoms in total. The van der Waals surface area contributed by atoms with E-state index in [0.717, 1.165) is 19.4 Å². The van der Waals surface area contributed by atoms with E-state index in [2.05, 4.69) is 10.1 Å². The molecule has 2 atom stereocenters. The summed E-state index contributed by atoms with van der Waals surface area (Å²) in [5.74, 6) is 0.500. The van der Waals surface area contributed by atoms with E-state index in [4.69, 9.17) is 0 Å². The normalized spacial score (nSPS) is 20.8. The first-order chi connectivity index (χ1) is 7.56. The summed E-state index contributed by atoms with van der Waals surface area (Å²) in [7, 11) is 3.25. The van der Waals surface area contributed by atoms with Crippen LogP contribution in [0, 0.1) is 11.8 Å². The van der Waals surface area contributed by atoms with Gasteiger partial charge in [-0.25, -0.2) is 0 Å². The Hall–Kier alpha value is -0.900. The van der Waals surface area contributed by atoms with Crippen LogP contribution in [-0.4, -0.2) is 32.5 Å². The summed E-state index contributed by atoms with van der Waals surface area (Å²) >= 11 is 0. The highest BCUT2D eigenvalue weighted by atomic mass is 16.4. The van der Waals surface area contributed by atoms with E-state index in [-0.39, 0.29) is 26.4 Å². The maximum atomic E-state index is 11.3. The molecule has 0 radical (unpaired) electrons. The molecule has 1 fully saturated rings. The average molecular weight is 233 g/mol. The van der Waals surface area contributed by atoms with Gasteiger partial charge in [-0.05, 0) is 12.8 Å². The zero-order chi connectivity index (χ0) is 12.6. The van der Waals surface area contributed by atoms with E-state index in [9.17, 15) is 9.59 Å². The quantitative estimate of drug-likeness (QED) is 0.806. The molecule has 1 rings (SSSR count). The second kappa shape index (κ2) is 8.28. The number of ketones is 1. The third kappa shape index (κ3) is 5.26. The van der Waals surface area contributed by atoms with Crippen molar-refractivity contribution in [2.75, 3.05) is 20.8 Å². The topological polar surface area (TPSA) is 55.4 Å². The molecule has 1 N–H and O–H groups in total. The van der Waals surface area contributed by atoms with E-state index < -0.39 is 0 Å². The molecule has 1 saturated heterocycles. The molecule has 1 aliphatic rings. The zero-order valence-electron chi connectivity index (χ0n) is 10.7. The van der Waals surface area contributed by atoms with Crippen LogP contribution in [0.1, 0.15) is 36.0 Å². The number of rotatable bonds is 4. The Morgan fingerprint density at radius 3 is 2.56 bits per heavy atom. The molecule has 0 aromatic carbocycles. The highest BCUT2D eigenvalue weighted by molar-refractivity contribution is 5.83. The Bertz CT molecular complexity index is 237. The van der Waals surface area contributed by atoms with Crippen molar-refractivity contribution < 1.29 is 17.2 Å². The second-order valence-corrected chi connectivity index (χ2v) is 4.14. The fourth-order valence-electron chi connectivity index (χ4n) is 1.78. The summed E-state index contributed by atoms with van der Waals surface area (Å²) in [5.41, 5.74) is 0. The Labute approximate surface area is 101 Å². The first-order valence-electron chi connectivity index (χ1n) is 5.77. The lowest BCUT2D eigenvalue weighted by atomic mass is 9.91. The van der Waals surface area contributed by atoms with Gasteiger partial charge in [0.1, 0.15) is 5.78 Å². The van der Waals surface area contributed by atoms with Gasteiger partial charge in [-0.1, -0.05) is 13.8 Å². The van der Waals surface area contributed by atoms with Crippen LogP contribution in [0.2, 0.25) is 0 Å². The molecule has 1 amide bonds. The maximum absolute atomic E-state index is 11.3. The van der Waals surface area contributed by atoms with Crippen LogP contribution < -0.4 is 5.32 Å². The van der Waals surface area contributed by atoms with Gasteiger partial charge in [0.15, 0.2) is 0 Å². The molecule has 0 bridgehead atoms. The lowest BCUT2D eigenvalue weighted by Gasteiger charge is -2.12. The van der Waals surface area contributed by atoms with Crippen molar-refractivity contribution in [3.8, 4) is 0 Å². The molecule has 0 saturated carbocycles. The molecular formula is C12H27NO3. The number of hydrogen-bond acceptors (Lipinski definition) is 3. The lowest BCUT2D eigenvalue weighted by molar-refractivity contribution is -0.125. The van der Waals surface area contributed by atoms with Crippen molar-refractivity contribution in [2.24, 2.45) is 11.8 Å². The lowest BCUT2D eigenvalue weighted by Crippen LogP contribution is -2.22. The van der Waals surface area contributed by atoms with Crippen molar-refractivity contribution in [3.05, 3.63) is 0 Å². The van der Waals surface area contributed by atoms with Gasteiger partial charge in [-0.3, -0.25) is 9.59 Å². The van der Waals surface area contributed by atoms with E-state index >= 15 is 0 Å². The summed E-state index contributed by atoms with van der Waals surface area (Å²) in [6.45, 7) is 4.56. The van der Waals surface area contributed by atoms with Gasteiger partial charge >= 0.3 is 0 Å². The zero-order valence-corrected chi connectivity index (χ0v) is 10.7. The van der Waals surface area contributed by atoms with Crippen molar-refractivity contribution in [1.82, 2.24) is 5.32 Å². The number of methoxy groups -OCH3 is 1. The summed E-state index contributed by atoms with van der Waals surface area (Å²) in [5, 5.41) is 2.78. The van der Waals surface area contributed by atoms with Gasteiger partial charge in [0.05, 0.1) is 0 Å². The molecule has 4 heteroatoms. The smallest absolute Gasteiger partial charge is 0.223 e. The van der Waals surface area contributed by atoms with Gasteiger partial charge in [0, 0.05) is 41.9 Å². The highest BCUT2D eigenvalue weighted by Crippen LogP contribution is 2.20. The van der Waals surface area contributed by atoms with Gasteiger partial charge < -0.3 is 10.1 Å². The largest absolute Gasteiger partial charge is 0.388 e. The predicted molar refractivity (Wildman–Crippen MR) is 67.4 cm³/mol. The summed E-state index contributed by atoms with van der Waals surface area (Å²) in [6.07, 6.45) is 2.19. The SMILES string of the molecule is CCC(=O)C(C)CC1CCNC1=O.COC.[HH].[HH]. The standard InChI is InChI=1S/C10H17NO2.C2H6O.2H2/c1-3-9(12)7(2)6-8-4-5-11-10(8)13;1-3-2;;/h7-8H,3-6H2,1-2H3,(H,11,13);1-2H3;2*1H. The Morgan fingerprint density at radius 2 is 2.19 bits per heavy atom. The number of carbonyl (C=O) groups is 2. The molecule has 0 aromatic rings. The predicted octanol–water partition coefficient (Wildman–Crippen LogP) is 1.88. The highest BCUT2D eigenvalue weighted by Gasteiger charge is 2.27. The third-order valence-electron chi connectivity index (χ3n) is 2.70. The van der Waals surface area contributed by atoms with Crippen LogP contribution in [0.5, 0.6) is 0 Å². The Balaban J connectivity index is -0.000000410. The van der Waals surface area contributed by atoms with Gasteiger partial charge in [-0.2, -0.15) is 0 Å².